The van der Waals surface area contributed by atoms with E-state index in [2.05, 4.69) is 46.6 Å². The smallest absolute Gasteiger partial charge is 0.261 e. The summed E-state index contributed by atoms with van der Waals surface area (Å²) >= 11 is 11.9. The highest BCUT2D eigenvalue weighted by Crippen LogP contribution is 2.38. The van der Waals surface area contributed by atoms with Crippen molar-refractivity contribution in [2.24, 2.45) is 4.99 Å². The van der Waals surface area contributed by atoms with Crippen molar-refractivity contribution >= 4 is 60.6 Å². The first kappa shape index (κ1) is 27.2. The number of piperazine rings is 1. The Bertz CT molecular complexity index is 1340. The second-order valence-electron chi connectivity index (χ2n) is 8.22. The number of halogens is 2. The number of hydrogen-bond acceptors (Lipinski definition) is 9. The first-order valence-corrected chi connectivity index (χ1v) is 14.9. The third-order valence-corrected chi connectivity index (χ3v) is 7.58. The van der Waals surface area contributed by atoms with E-state index in [9.17, 15) is 8.42 Å². The number of benzene rings is 1. The van der Waals surface area contributed by atoms with Crippen LogP contribution in [0.25, 0.3) is 5.00 Å². The van der Waals surface area contributed by atoms with Crippen LogP contribution in [0.15, 0.2) is 39.1 Å². The van der Waals surface area contributed by atoms with Gasteiger partial charge < -0.3 is 9.64 Å². The number of nitrogens with zero attached hydrogens (tertiary/aromatic N) is 6. The molecule has 1 fully saturated rings. The highest BCUT2D eigenvalue weighted by molar-refractivity contribution is 9.11. The lowest BCUT2D eigenvalue weighted by molar-refractivity contribution is 0.143. The lowest BCUT2D eigenvalue weighted by atomic mass is 10.0. The van der Waals surface area contributed by atoms with Gasteiger partial charge in [-0.25, -0.2) is 0 Å². The number of rotatable bonds is 5. The van der Waals surface area contributed by atoms with Crippen LogP contribution in [-0.4, -0.2) is 91.0 Å². The number of hydrogen-bond donors (Lipinski definition) is 1. The topological polar surface area (TPSA) is 113 Å². The van der Waals surface area contributed by atoms with Crippen molar-refractivity contribution in [2.75, 3.05) is 57.6 Å². The number of anilines is 1. The maximum Gasteiger partial charge on any atom is 0.261 e. The standard InChI is InChI=1S/C21H22BrClN6OS.CH4O3S/c1-30-11-10-27-6-8-28(9-7-27)21-26-25-18-13-24-19(14-4-2-3-5-16(14)23)15-12-17(22)31-20(15)29(18)21;1-5(2,3)4/h2-5,12H,6-11,13H2,1H3;1H3,(H,2,3,4). The molecule has 0 spiro atoms. The Labute approximate surface area is 227 Å². The third-order valence-electron chi connectivity index (χ3n) is 5.63. The number of thiophene rings is 1. The molecular weight excluding hydrogens is 592 g/mol. The molecule has 194 valence electrons. The number of methoxy groups -OCH3 is 1. The molecule has 3 aromatic rings. The minimum absolute atomic E-state index is 0.459. The lowest BCUT2D eigenvalue weighted by Crippen LogP contribution is -2.48. The highest BCUT2D eigenvalue weighted by atomic mass is 79.9. The molecule has 2 aliphatic heterocycles. The van der Waals surface area contributed by atoms with E-state index in [4.69, 9.17) is 25.9 Å². The summed E-state index contributed by atoms with van der Waals surface area (Å²) in [5.41, 5.74) is 2.87. The summed E-state index contributed by atoms with van der Waals surface area (Å²) in [5, 5.41) is 10.8. The van der Waals surface area contributed by atoms with E-state index >= 15 is 0 Å². The molecule has 5 rings (SSSR count). The monoisotopic (exact) mass is 616 g/mol. The van der Waals surface area contributed by atoms with Gasteiger partial charge in [-0.3, -0.25) is 19.0 Å². The number of aromatic nitrogens is 3. The van der Waals surface area contributed by atoms with Crippen LogP contribution in [-0.2, 0) is 21.4 Å². The van der Waals surface area contributed by atoms with Crippen molar-refractivity contribution < 1.29 is 17.7 Å². The maximum atomic E-state index is 9.19. The number of aliphatic imine (C=N–C) groups is 1. The van der Waals surface area contributed by atoms with Crippen molar-refractivity contribution in [3.63, 3.8) is 0 Å². The Morgan fingerprint density at radius 3 is 2.53 bits per heavy atom. The van der Waals surface area contributed by atoms with Crippen molar-refractivity contribution in [2.45, 2.75) is 6.54 Å². The van der Waals surface area contributed by atoms with Gasteiger partial charge >= 0.3 is 0 Å². The van der Waals surface area contributed by atoms with Crippen molar-refractivity contribution in [1.29, 1.82) is 0 Å². The molecule has 2 aromatic heterocycles. The van der Waals surface area contributed by atoms with Crippen molar-refractivity contribution in [3.8, 4) is 5.00 Å². The van der Waals surface area contributed by atoms with Crippen LogP contribution in [0.1, 0.15) is 17.0 Å². The maximum absolute atomic E-state index is 9.19. The van der Waals surface area contributed by atoms with Gasteiger partial charge in [0.25, 0.3) is 10.1 Å². The molecular formula is C22H26BrClN6O4S2. The molecule has 2 aliphatic rings. The second kappa shape index (κ2) is 11.7. The summed E-state index contributed by atoms with van der Waals surface area (Å²) in [4.78, 5) is 9.65. The molecule has 0 saturated carbocycles. The van der Waals surface area contributed by atoms with Crippen LogP contribution in [0, 0.1) is 0 Å². The van der Waals surface area contributed by atoms with Gasteiger partial charge in [0.2, 0.25) is 5.95 Å². The first-order valence-electron chi connectivity index (χ1n) is 11.1. The van der Waals surface area contributed by atoms with Gasteiger partial charge in [-0.05, 0) is 28.1 Å². The van der Waals surface area contributed by atoms with E-state index in [0.717, 1.165) is 76.7 Å². The summed E-state index contributed by atoms with van der Waals surface area (Å²) in [6, 6.07) is 9.96. The Kier molecular flexibility index (Phi) is 8.81. The van der Waals surface area contributed by atoms with E-state index in [1.54, 1.807) is 18.4 Å². The normalized spacial score (nSPS) is 15.9. The molecule has 0 aliphatic carbocycles. The molecule has 1 saturated heterocycles. The predicted molar refractivity (Wildman–Crippen MR) is 146 cm³/mol. The van der Waals surface area contributed by atoms with Crippen LogP contribution in [0.3, 0.4) is 0 Å². The Morgan fingerprint density at radius 1 is 1.17 bits per heavy atom. The largest absolute Gasteiger partial charge is 0.383 e. The Hall–Kier alpha value is -1.87. The zero-order chi connectivity index (χ0) is 25.9. The molecule has 0 atom stereocenters. The van der Waals surface area contributed by atoms with E-state index in [1.807, 2.05) is 24.3 Å². The van der Waals surface area contributed by atoms with Crippen LogP contribution < -0.4 is 4.90 Å². The molecule has 14 heteroatoms. The molecule has 1 N–H and O–H groups in total. The first-order chi connectivity index (χ1) is 17.2. The van der Waals surface area contributed by atoms with Crippen LogP contribution >= 0.6 is 38.9 Å². The van der Waals surface area contributed by atoms with E-state index in [-0.39, 0.29) is 0 Å². The summed E-state index contributed by atoms with van der Waals surface area (Å²) in [6.07, 6.45) is 0.715. The third kappa shape index (κ3) is 6.52. The Balaban J connectivity index is 0.000000556. The highest BCUT2D eigenvalue weighted by Gasteiger charge is 2.29. The van der Waals surface area contributed by atoms with E-state index in [1.165, 1.54) is 0 Å². The summed E-state index contributed by atoms with van der Waals surface area (Å²) < 4.78 is 34.3. The van der Waals surface area contributed by atoms with Gasteiger partial charge in [0.15, 0.2) is 5.82 Å². The number of ether oxygens (including phenoxy) is 1. The average Bonchev–Trinajstić information content (AvgIpc) is 3.38. The fourth-order valence-electron chi connectivity index (χ4n) is 4.02. The van der Waals surface area contributed by atoms with Gasteiger partial charge in [0, 0.05) is 56.0 Å². The van der Waals surface area contributed by atoms with E-state index in [0.29, 0.717) is 17.8 Å². The summed E-state index contributed by atoms with van der Waals surface area (Å²) in [7, 11) is -1.92. The Morgan fingerprint density at radius 2 is 1.86 bits per heavy atom. The van der Waals surface area contributed by atoms with Crippen LogP contribution in [0.2, 0.25) is 5.02 Å². The molecule has 10 nitrogen and oxygen atoms in total. The quantitative estimate of drug-likeness (QED) is 0.434. The fourth-order valence-corrected chi connectivity index (χ4v) is 5.84. The lowest BCUT2D eigenvalue weighted by Gasteiger charge is -2.35. The van der Waals surface area contributed by atoms with Crippen molar-refractivity contribution in [3.05, 3.63) is 56.1 Å². The minimum Gasteiger partial charge on any atom is -0.383 e. The molecule has 36 heavy (non-hydrogen) atoms. The fraction of sp³-hybridized carbons (Fsp3) is 0.409. The minimum atomic E-state index is -3.67. The van der Waals surface area contributed by atoms with Gasteiger partial charge in [0.1, 0.15) is 11.5 Å². The zero-order valence-corrected chi connectivity index (χ0v) is 23.7. The SMILES string of the molecule is COCCN1CCN(c2nnc3n2-c2sc(Br)cc2C(c2ccccc2Cl)=NC3)CC1.CS(=O)(=O)O. The van der Waals surface area contributed by atoms with Gasteiger partial charge in [-0.2, -0.15) is 8.42 Å². The van der Waals surface area contributed by atoms with Crippen molar-refractivity contribution in [1.82, 2.24) is 19.7 Å². The number of fused-ring (bicyclic) bond motifs is 3. The average molecular weight is 618 g/mol. The van der Waals surface area contributed by atoms with Gasteiger partial charge in [-0.1, -0.05) is 29.8 Å². The van der Waals surface area contributed by atoms with Gasteiger partial charge in [-0.15, -0.1) is 21.5 Å². The molecule has 4 heterocycles. The zero-order valence-electron chi connectivity index (χ0n) is 19.8. The molecule has 0 bridgehead atoms. The molecule has 1 aromatic carbocycles. The summed E-state index contributed by atoms with van der Waals surface area (Å²) in [5.74, 6) is 1.72. The predicted octanol–water partition coefficient (Wildman–Crippen LogP) is 3.37. The van der Waals surface area contributed by atoms with Crippen LogP contribution in [0.4, 0.5) is 5.95 Å². The van der Waals surface area contributed by atoms with E-state index < -0.39 is 10.1 Å². The van der Waals surface area contributed by atoms with Gasteiger partial charge in [0.05, 0.1) is 22.4 Å². The second-order valence-corrected chi connectivity index (χ2v) is 12.5. The molecule has 0 unspecified atom stereocenters. The van der Waals surface area contributed by atoms with Crippen LogP contribution in [0.5, 0.6) is 0 Å². The molecule has 0 radical (unpaired) electrons. The summed E-state index contributed by atoms with van der Waals surface area (Å²) in [6.45, 7) is 5.94. The molecule has 0 amide bonds.